The topological polar surface area (TPSA) is 93.1 Å². The quantitative estimate of drug-likeness (QED) is 0.229. The highest BCUT2D eigenvalue weighted by atomic mass is 16.5. The third-order valence-electron chi connectivity index (χ3n) is 4.92. The van der Waals surface area contributed by atoms with Crippen molar-refractivity contribution in [3.63, 3.8) is 0 Å². The van der Waals surface area contributed by atoms with Crippen LogP contribution in [0.3, 0.4) is 0 Å². The molecular weight excluding hydrogens is 410 g/mol. The number of carbonyl (C=O) groups is 3. The number of likely N-dealkylation sites (tertiary alicyclic amines) is 1. The highest BCUT2D eigenvalue weighted by Crippen LogP contribution is 2.40. The maximum Gasteiger partial charge on any atom is 0.308 e. The monoisotopic (exact) mass is 437 g/mol. The van der Waals surface area contributed by atoms with Crippen molar-refractivity contribution in [2.75, 3.05) is 6.54 Å². The van der Waals surface area contributed by atoms with E-state index in [4.69, 9.17) is 9.47 Å². The number of aliphatic hydroxyl groups is 1. The maximum absolute atomic E-state index is 13.0. The van der Waals surface area contributed by atoms with Gasteiger partial charge in [-0.3, -0.25) is 14.4 Å². The second kappa shape index (κ2) is 9.68. The number of hydrogen-bond donors (Lipinski definition) is 1. The van der Waals surface area contributed by atoms with E-state index in [0.717, 1.165) is 0 Å². The van der Waals surface area contributed by atoms with E-state index < -0.39 is 23.7 Å². The van der Waals surface area contributed by atoms with Crippen molar-refractivity contribution in [2.45, 2.75) is 46.3 Å². The summed E-state index contributed by atoms with van der Waals surface area (Å²) in [5.41, 5.74) is 0.927. The molecule has 0 aromatic heterocycles. The van der Waals surface area contributed by atoms with Crippen LogP contribution in [0, 0.1) is 0 Å². The Morgan fingerprint density at radius 1 is 1.09 bits per heavy atom. The molecule has 32 heavy (non-hydrogen) atoms. The molecule has 1 fully saturated rings. The number of amides is 1. The average Bonchev–Trinajstić information content (AvgIpc) is 2.98. The smallest absolute Gasteiger partial charge is 0.308 e. The van der Waals surface area contributed by atoms with E-state index in [1.54, 1.807) is 48.5 Å². The van der Waals surface area contributed by atoms with E-state index in [9.17, 15) is 19.5 Å². The van der Waals surface area contributed by atoms with Crippen LogP contribution in [0.4, 0.5) is 0 Å². The van der Waals surface area contributed by atoms with Crippen LogP contribution in [0.5, 0.6) is 11.5 Å². The molecule has 0 bridgehead atoms. The van der Waals surface area contributed by atoms with Crippen molar-refractivity contribution in [3.8, 4) is 11.5 Å². The first-order valence-electron chi connectivity index (χ1n) is 10.6. The van der Waals surface area contributed by atoms with Gasteiger partial charge in [0, 0.05) is 19.0 Å². The van der Waals surface area contributed by atoms with Crippen molar-refractivity contribution in [1.82, 2.24) is 4.90 Å². The van der Waals surface area contributed by atoms with Gasteiger partial charge in [-0.15, -0.1) is 0 Å². The Labute approximate surface area is 187 Å². The van der Waals surface area contributed by atoms with Crippen LogP contribution in [-0.4, -0.2) is 40.3 Å². The number of Topliss-reactive ketones (excluding diaryl/α,β-unsaturated/α-hetero) is 1. The van der Waals surface area contributed by atoms with Gasteiger partial charge < -0.3 is 19.5 Å². The van der Waals surface area contributed by atoms with E-state index in [1.165, 1.54) is 11.8 Å². The molecule has 1 N–H and O–H groups in total. The van der Waals surface area contributed by atoms with Crippen LogP contribution in [0.25, 0.3) is 5.76 Å². The predicted octanol–water partition coefficient (Wildman–Crippen LogP) is 4.23. The highest BCUT2D eigenvalue weighted by Gasteiger charge is 2.45. The van der Waals surface area contributed by atoms with Gasteiger partial charge in [0.25, 0.3) is 11.7 Å². The zero-order valence-electron chi connectivity index (χ0n) is 18.6. The minimum absolute atomic E-state index is 0.00915. The molecule has 2 aromatic rings. The number of carbonyl (C=O) groups excluding carboxylic acids is 3. The normalized spacial score (nSPS) is 17.7. The SMILES string of the molecule is CCCN1C(=O)C(=O)/C(=C(\O)c2cccc(OC(C)C)c2)C1c1cccc(OC(C)=O)c1. The molecule has 2 aromatic carbocycles. The first-order chi connectivity index (χ1) is 15.2. The summed E-state index contributed by atoms with van der Waals surface area (Å²) in [4.78, 5) is 38.6. The molecule has 0 aliphatic carbocycles. The van der Waals surface area contributed by atoms with Crippen LogP contribution in [-0.2, 0) is 14.4 Å². The van der Waals surface area contributed by atoms with Crippen molar-refractivity contribution in [3.05, 3.63) is 65.2 Å². The second-order valence-electron chi connectivity index (χ2n) is 7.85. The van der Waals surface area contributed by atoms with E-state index in [2.05, 4.69) is 0 Å². The van der Waals surface area contributed by atoms with Gasteiger partial charge in [0.15, 0.2) is 0 Å². The predicted molar refractivity (Wildman–Crippen MR) is 119 cm³/mol. The summed E-state index contributed by atoms with van der Waals surface area (Å²) in [6.07, 6.45) is 0.566. The summed E-state index contributed by atoms with van der Waals surface area (Å²) in [5.74, 6) is -1.35. The summed E-state index contributed by atoms with van der Waals surface area (Å²) < 4.78 is 10.9. The summed E-state index contributed by atoms with van der Waals surface area (Å²) in [5, 5.41) is 11.1. The Balaban J connectivity index is 2.14. The lowest BCUT2D eigenvalue weighted by Crippen LogP contribution is -2.30. The van der Waals surface area contributed by atoms with Crippen molar-refractivity contribution in [2.24, 2.45) is 0 Å². The first kappa shape index (κ1) is 23.1. The summed E-state index contributed by atoms with van der Waals surface area (Å²) in [6, 6.07) is 12.6. The molecule has 168 valence electrons. The molecule has 0 spiro atoms. The third-order valence-corrected chi connectivity index (χ3v) is 4.92. The number of rotatable bonds is 7. The zero-order chi connectivity index (χ0) is 23.4. The van der Waals surface area contributed by atoms with Gasteiger partial charge >= 0.3 is 5.97 Å². The van der Waals surface area contributed by atoms with Crippen molar-refractivity contribution in [1.29, 1.82) is 0 Å². The molecule has 1 aliphatic heterocycles. The van der Waals surface area contributed by atoms with Crippen LogP contribution >= 0.6 is 0 Å². The molecule has 0 radical (unpaired) electrons. The van der Waals surface area contributed by atoms with Gasteiger partial charge in [0.05, 0.1) is 17.7 Å². The molecular formula is C25H27NO6. The zero-order valence-corrected chi connectivity index (χ0v) is 18.6. The number of nitrogens with zero attached hydrogens (tertiary/aromatic N) is 1. The molecule has 1 saturated heterocycles. The lowest BCUT2D eigenvalue weighted by Gasteiger charge is -2.25. The number of esters is 1. The molecule has 3 rings (SSSR count). The number of hydrogen-bond acceptors (Lipinski definition) is 6. The molecule has 7 heteroatoms. The minimum atomic E-state index is -0.805. The number of ketones is 1. The number of benzene rings is 2. The van der Waals surface area contributed by atoms with Crippen molar-refractivity contribution >= 4 is 23.4 Å². The Morgan fingerprint density at radius 3 is 2.44 bits per heavy atom. The lowest BCUT2D eigenvalue weighted by atomic mass is 9.95. The third kappa shape index (κ3) is 4.82. The van der Waals surface area contributed by atoms with Crippen LogP contribution in [0.2, 0.25) is 0 Å². The molecule has 1 amide bonds. The Kier molecular flexibility index (Phi) is 6.98. The van der Waals surface area contributed by atoms with Crippen molar-refractivity contribution < 1.29 is 29.0 Å². The average molecular weight is 437 g/mol. The minimum Gasteiger partial charge on any atom is -0.507 e. The lowest BCUT2D eigenvalue weighted by molar-refractivity contribution is -0.139. The van der Waals surface area contributed by atoms with E-state index >= 15 is 0 Å². The van der Waals surface area contributed by atoms with Gasteiger partial charge in [0.2, 0.25) is 0 Å². The first-order valence-corrected chi connectivity index (χ1v) is 10.6. The maximum atomic E-state index is 13.0. The Hall–Kier alpha value is -3.61. The van der Waals surface area contributed by atoms with Crippen LogP contribution in [0.15, 0.2) is 54.1 Å². The van der Waals surface area contributed by atoms with E-state index in [0.29, 0.717) is 35.6 Å². The van der Waals surface area contributed by atoms with Gasteiger partial charge in [-0.1, -0.05) is 31.2 Å². The standard InChI is InChI=1S/C25H27NO6/c1-5-12-26-22(17-8-6-11-20(13-17)32-16(4)27)21(24(29)25(26)30)23(28)18-9-7-10-19(14-18)31-15(2)3/h6-11,13-15,22,28H,5,12H2,1-4H3/b23-21-. The molecule has 1 aliphatic rings. The summed E-state index contributed by atoms with van der Waals surface area (Å²) in [6.45, 7) is 7.30. The van der Waals surface area contributed by atoms with E-state index in [-0.39, 0.29) is 17.4 Å². The van der Waals surface area contributed by atoms with Crippen LogP contribution in [0.1, 0.15) is 51.3 Å². The Bertz CT molecular complexity index is 1070. The van der Waals surface area contributed by atoms with Gasteiger partial charge in [-0.2, -0.15) is 0 Å². The van der Waals surface area contributed by atoms with Crippen LogP contribution < -0.4 is 9.47 Å². The fourth-order valence-electron chi connectivity index (χ4n) is 3.76. The van der Waals surface area contributed by atoms with Gasteiger partial charge in [-0.05, 0) is 50.1 Å². The molecule has 1 heterocycles. The molecule has 7 nitrogen and oxygen atoms in total. The summed E-state index contributed by atoms with van der Waals surface area (Å²) >= 11 is 0. The number of aliphatic hydroxyl groups excluding tert-OH is 1. The second-order valence-corrected chi connectivity index (χ2v) is 7.85. The molecule has 0 saturated carbocycles. The van der Waals surface area contributed by atoms with Gasteiger partial charge in [0.1, 0.15) is 17.3 Å². The molecule has 1 atom stereocenters. The fourth-order valence-corrected chi connectivity index (χ4v) is 3.76. The van der Waals surface area contributed by atoms with Gasteiger partial charge in [-0.25, -0.2) is 0 Å². The summed E-state index contributed by atoms with van der Waals surface area (Å²) in [7, 11) is 0. The highest BCUT2D eigenvalue weighted by molar-refractivity contribution is 6.46. The number of ether oxygens (including phenoxy) is 2. The largest absolute Gasteiger partial charge is 0.507 e. The Morgan fingerprint density at radius 2 is 1.78 bits per heavy atom. The van der Waals surface area contributed by atoms with E-state index in [1.807, 2.05) is 20.8 Å². The molecule has 1 unspecified atom stereocenters. The fraction of sp³-hybridized carbons (Fsp3) is 0.320.